The molecule has 1 unspecified atom stereocenters. The van der Waals surface area contributed by atoms with Gasteiger partial charge < -0.3 is 15.2 Å². The number of hydrogen-bond donors (Lipinski definition) is 2. The first-order valence-electron chi connectivity index (χ1n) is 6.45. The van der Waals surface area contributed by atoms with E-state index in [1.807, 2.05) is 6.92 Å². The zero-order valence-corrected chi connectivity index (χ0v) is 11.1. The van der Waals surface area contributed by atoms with Crippen molar-refractivity contribution in [1.82, 2.24) is 5.32 Å². The van der Waals surface area contributed by atoms with E-state index in [0.29, 0.717) is 19.3 Å². The van der Waals surface area contributed by atoms with Crippen LogP contribution in [0.3, 0.4) is 0 Å². The van der Waals surface area contributed by atoms with Crippen molar-refractivity contribution in [2.75, 3.05) is 13.2 Å². The molecule has 1 aromatic rings. The largest absolute Gasteiger partial charge is 0.491 e. The van der Waals surface area contributed by atoms with Gasteiger partial charge in [0.05, 0.1) is 19.3 Å². The zero-order chi connectivity index (χ0) is 14.1. The molecular weight excluding hydrogens is 249 g/mol. The van der Waals surface area contributed by atoms with E-state index in [-0.39, 0.29) is 30.9 Å². The topological polar surface area (TPSA) is 58.6 Å². The molecule has 0 aliphatic heterocycles. The van der Waals surface area contributed by atoms with Crippen LogP contribution in [0.1, 0.15) is 26.2 Å². The van der Waals surface area contributed by atoms with Crippen LogP contribution in [-0.4, -0.2) is 30.3 Å². The van der Waals surface area contributed by atoms with Crippen LogP contribution in [0.4, 0.5) is 4.39 Å². The van der Waals surface area contributed by atoms with Crippen molar-refractivity contribution in [3.8, 4) is 5.75 Å². The third-order valence-corrected chi connectivity index (χ3v) is 2.72. The standard InChI is InChI=1S/C14H20FNO3/c1-2-11(10-17)16-14(18)8-5-9-19-13-7-4-3-6-12(13)15/h3-4,6-7,11,17H,2,5,8-10H2,1H3,(H,16,18). The molecule has 1 atom stereocenters. The monoisotopic (exact) mass is 269 g/mol. The van der Waals surface area contributed by atoms with Gasteiger partial charge in [0, 0.05) is 6.42 Å². The molecular formula is C14H20FNO3. The number of halogens is 1. The van der Waals surface area contributed by atoms with E-state index in [1.54, 1.807) is 18.2 Å². The number of nitrogens with one attached hydrogen (secondary N) is 1. The fourth-order valence-electron chi connectivity index (χ4n) is 1.55. The van der Waals surface area contributed by atoms with Gasteiger partial charge in [-0.2, -0.15) is 0 Å². The van der Waals surface area contributed by atoms with Gasteiger partial charge in [0.2, 0.25) is 5.91 Å². The molecule has 1 rings (SSSR count). The number of rotatable bonds is 8. The summed E-state index contributed by atoms with van der Waals surface area (Å²) in [5.41, 5.74) is 0. The predicted molar refractivity (Wildman–Crippen MR) is 70.4 cm³/mol. The fourth-order valence-corrected chi connectivity index (χ4v) is 1.55. The Kier molecular flexibility index (Phi) is 6.89. The average molecular weight is 269 g/mol. The van der Waals surface area contributed by atoms with Crippen LogP contribution in [0.5, 0.6) is 5.75 Å². The Balaban J connectivity index is 2.20. The second-order valence-corrected chi connectivity index (χ2v) is 4.24. The van der Waals surface area contributed by atoms with E-state index in [4.69, 9.17) is 9.84 Å². The molecule has 0 aliphatic carbocycles. The number of carbonyl (C=O) groups is 1. The van der Waals surface area contributed by atoms with Crippen molar-refractivity contribution < 1.29 is 19.0 Å². The van der Waals surface area contributed by atoms with Gasteiger partial charge in [-0.05, 0) is 25.0 Å². The summed E-state index contributed by atoms with van der Waals surface area (Å²) >= 11 is 0. The summed E-state index contributed by atoms with van der Waals surface area (Å²) in [6.45, 7) is 2.11. The average Bonchev–Trinajstić information content (AvgIpc) is 2.42. The second-order valence-electron chi connectivity index (χ2n) is 4.24. The zero-order valence-electron chi connectivity index (χ0n) is 11.1. The Morgan fingerprint density at radius 2 is 2.21 bits per heavy atom. The molecule has 0 bridgehead atoms. The van der Waals surface area contributed by atoms with E-state index in [1.165, 1.54) is 6.07 Å². The van der Waals surface area contributed by atoms with Crippen LogP contribution < -0.4 is 10.1 Å². The summed E-state index contributed by atoms with van der Waals surface area (Å²) < 4.78 is 18.4. The summed E-state index contributed by atoms with van der Waals surface area (Å²) in [6, 6.07) is 5.97. The molecule has 1 aromatic carbocycles. The molecule has 0 aromatic heterocycles. The lowest BCUT2D eigenvalue weighted by Crippen LogP contribution is -2.36. The van der Waals surface area contributed by atoms with Crippen molar-refractivity contribution in [2.24, 2.45) is 0 Å². The number of hydrogen-bond acceptors (Lipinski definition) is 3. The quantitative estimate of drug-likeness (QED) is 0.708. The molecule has 0 fully saturated rings. The van der Waals surface area contributed by atoms with Crippen molar-refractivity contribution >= 4 is 5.91 Å². The number of benzene rings is 1. The van der Waals surface area contributed by atoms with Gasteiger partial charge >= 0.3 is 0 Å². The molecule has 5 heteroatoms. The number of ether oxygens (including phenoxy) is 1. The van der Waals surface area contributed by atoms with Crippen LogP contribution in [0, 0.1) is 5.82 Å². The fraction of sp³-hybridized carbons (Fsp3) is 0.500. The van der Waals surface area contributed by atoms with Gasteiger partial charge in [-0.15, -0.1) is 0 Å². The Labute approximate surface area is 112 Å². The van der Waals surface area contributed by atoms with E-state index in [0.717, 1.165) is 0 Å². The van der Waals surface area contributed by atoms with Crippen LogP contribution in [0.2, 0.25) is 0 Å². The minimum Gasteiger partial charge on any atom is -0.491 e. The second kappa shape index (κ2) is 8.48. The number of aliphatic hydroxyl groups excluding tert-OH is 1. The normalized spacial score (nSPS) is 11.9. The lowest BCUT2D eigenvalue weighted by molar-refractivity contribution is -0.122. The Morgan fingerprint density at radius 3 is 2.84 bits per heavy atom. The van der Waals surface area contributed by atoms with Crippen molar-refractivity contribution in [2.45, 2.75) is 32.2 Å². The minimum absolute atomic E-state index is 0.0615. The molecule has 19 heavy (non-hydrogen) atoms. The Hall–Kier alpha value is -1.62. The molecule has 0 saturated heterocycles. The highest BCUT2D eigenvalue weighted by atomic mass is 19.1. The summed E-state index contributed by atoms with van der Waals surface area (Å²) in [7, 11) is 0. The van der Waals surface area contributed by atoms with Gasteiger partial charge in [-0.1, -0.05) is 19.1 Å². The number of amides is 1. The maximum Gasteiger partial charge on any atom is 0.220 e. The molecule has 0 aliphatic rings. The van der Waals surface area contributed by atoms with Crippen LogP contribution in [0.25, 0.3) is 0 Å². The first-order valence-corrected chi connectivity index (χ1v) is 6.45. The molecule has 2 N–H and O–H groups in total. The molecule has 0 radical (unpaired) electrons. The Morgan fingerprint density at radius 1 is 1.47 bits per heavy atom. The van der Waals surface area contributed by atoms with Gasteiger partial charge in [0.15, 0.2) is 11.6 Å². The van der Waals surface area contributed by atoms with Crippen LogP contribution in [-0.2, 0) is 4.79 Å². The summed E-state index contributed by atoms with van der Waals surface area (Å²) in [4.78, 5) is 11.5. The highest BCUT2D eigenvalue weighted by Gasteiger charge is 2.09. The SMILES string of the molecule is CCC(CO)NC(=O)CCCOc1ccccc1F. The highest BCUT2D eigenvalue weighted by Crippen LogP contribution is 2.15. The molecule has 1 amide bonds. The van der Waals surface area contributed by atoms with E-state index in [2.05, 4.69) is 5.32 Å². The molecule has 0 heterocycles. The van der Waals surface area contributed by atoms with E-state index >= 15 is 0 Å². The van der Waals surface area contributed by atoms with Crippen LogP contribution in [0.15, 0.2) is 24.3 Å². The van der Waals surface area contributed by atoms with E-state index < -0.39 is 5.82 Å². The third kappa shape index (κ3) is 5.70. The number of carbonyl (C=O) groups excluding carboxylic acids is 1. The third-order valence-electron chi connectivity index (χ3n) is 2.72. The van der Waals surface area contributed by atoms with Crippen molar-refractivity contribution in [1.29, 1.82) is 0 Å². The highest BCUT2D eigenvalue weighted by molar-refractivity contribution is 5.76. The van der Waals surface area contributed by atoms with Crippen LogP contribution >= 0.6 is 0 Å². The number of para-hydroxylation sites is 1. The van der Waals surface area contributed by atoms with Crippen molar-refractivity contribution in [3.05, 3.63) is 30.1 Å². The lowest BCUT2D eigenvalue weighted by atomic mass is 10.2. The molecule has 0 spiro atoms. The van der Waals surface area contributed by atoms with Crippen molar-refractivity contribution in [3.63, 3.8) is 0 Å². The molecule has 4 nitrogen and oxygen atoms in total. The maximum absolute atomic E-state index is 13.2. The summed E-state index contributed by atoms with van der Waals surface area (Å²) in [6.07, 6.45) is 1.49. The predicted octanol–water partition coefficient (Wildman–Crippen LogP) is 1.87. The van der Waals surface area contributed by atoms with Gasteiger partial charge in [0.1, 0.15) is 0 Å². The van der Waals surface area contributed by atoms with Gasteiger partial charge in [0.25, 0.3) is 0 Å². The summed E-state index contributed by atoms with van der Waals surface area (Å²) in [5, 5.41) is 11.7. The molecule has 0 saturated carbocycles. The first kappa shape index (κ1) is 15.4. The Bertz CT molecular complexity index is 394. The van der Waals surface area contributed by atoms with Gasteiger partial charge in [-0.3, -0.25) is 4.79 Å². The van der Waals surface area contributed by atoms with Gasteiger partial charge in [-0.25, -0.2) is 4.39 Å². The first-order chi connectivity index (χ1) is 9.17. The van der Waals surface area contributed by atoms with E-state index in [9.17, 15) is 9.18 Å². The minimum atomic E-state index is -0.404. The maximum atomic E-state index is 13.2. The lowest BCUT2D eigenvalue weighted by Gasteiger charge is -2.13. The molecule has 106 valence electrons. The number of aliphatic hydroxyl groups is 1. The smallest absolute Gasteiger partial charge is 0.220 e. The summed E-state index contributed by atoms with van der Waals surface area (Å²) in [5.74, 6) is -0.332.